The van der Waals surface area contributed by atoms with Gasteiger partial charge in [0.25, 0.3) is 0 Å². The van der Waals surface area contributed by atoms with Crippen LogP contribution in [0.4, 0.5) is 16.3 Å². The van der Waals surface area contributed by atoms with Gasteiger partial charge in [0.2, 0.25) is 0 Å². The summed E-state index contributed by atoms with van der Waals surface area (Å²) in [5.41, 5.74) is 0.752. The zero-order valence-electron chi connectivity index (χ0n) is 23.9. The highest BCUT2D eigenvalue weighted by molar-refractivity contribution is 6.39. The molecule has 3 amide bonds. The molecule has 1 aromatic heterocycles. The van der Waals surface area contributed by atoms with E-state index in [1.165, 1.54) is 19.0 Å². The molecule has 8 heteroatoms. The van der Waals surface area contributed by atoms with E-state index in [1.807, 2.05) is 4.90 Å². The predicted molar refractivity (Wildman–Crippen MR) is 146 cm³/mol. The van der Waals surface area contributed by atoms with Gasteiger partial charge in [0, 0.05) is 12.6 Å². The molecule has 1 aromatic rings. The second kappa shape index (κ2) is 11.4. The van der Waals surface area contributed by atoms with E-state index >= 15 is 0 Å². The fourth-order valence-corrected chi connectivity index (χ4v) is 5.76. The Balaban J connectivity index is 1.64. The van der Waals surface area contributed by atoms with Gasteiger partial charge in [-0.2, -0.15) is 0 Å². The summed E-state index contributed by atoms with van der Waals surface area (Å²) in [6.45, 7) is 16.8. The molecule has 2 aliphatic rings. The second-order valence-corrected chi connectivity index (χ2v) is 13.2. The summed E-state index contributed by atoms with van der Waals surface area (Å²) >= 11 is 0. The Bertz CT molecular complexity index is 987. The highest BCUT2D eigenvalue weighted by atomic mass is 16.6. The number of likely N-dealkylation sites (tertiary alicyclic amines) is 1. The van der Waals surface area contributed by atoms with Gasteiger partial charge in [-0.05, 0) is 101 Å². The van der Waals surface area contributed by atoms with E-state index in [4.69, 9.17) is 4.74 Å². The second-order valence-electron chi connectivity index (χ2n) is 13.2. The molecular formula is C29H46N4O4. The van der Waals surface area contributed by atoms with Crippen molar-refractivity contribution in [3.05, 3.63) is 17.8 Å². The van der Waals surface area contributed by atoms with Crippen molar-refractivity contribution in [2.24, 2.45) is 23.2 Å². The molecule has 0 spiro atoms. The third-order valence-corrected chi connectivity index (χ3v) is 7.82. The maximum absolute atomic E-state index is 13.4. The Morgan fingerprint density at radius 1 is 0.973 bits per heavy atom. The number of hydrogen-bond donors (Lipinski definition) is 2. The lowest BCUT2D eigenvalue weighted by Crippen LogP contribution is -2.53. The normalized spacial score (nSPS) is 24.8. The van der Waals surface area contributed by atoms with Crippen molar-refractivity contribution in [1.82, 2.24) is 9.88 Å². The number of aryl methyl sites for hydroxylation is 1. The first kappa shape index (κ1) is 28.9. The maximum atomic E-state index is 13.4. The van der Waals surface area contributed by atoms with Gasteiger partial charge in [-0.1, -0.05) is 27.7 Å². The minimum Gasteiger partial charge on any atom is -0.444 e. The van der Waals surface area contributed by atoms with Crippen LogP contribution >= 0.6 is 0 Å². The van der Waals surface area contributed by atoms with Gasteiger partial charge in [0.15, 0.2) is 0 Å². The van der Waals surface area contributed by atoms with Crippen molar-refractivity contribution in [2.75, 3.05) is 17.2 Å². The van der Waals surface area contributed by atoms with Crippen LogP contribution in [0.3, 0.4) is 0 Å². The van der Waals surface area contributed by atoms with Crippen LogP contribution in [0, 0.1) is 30.1 Å². The first-order valence-electron chi connectivity index (χ1n) is 13.7. The minimum atomic E-state index is -0.642. The first-order valence-corrected chi connectivity index (χ1v) is 13.7. The zero-order chi connectivity index (χ0) is 27.5. The van der Waals surface area contributed by atoms with E-state index in [-0.39, 0.29) is 6.04 Å². The molecule has 2 atom stereocenters. The number of carbonyl (C=O) groups is 3. The SMILES string of the molecule is Cc1cc(NC(=O)C(=O)N2C[C@H](C)CC[C@H]2C2CCC(C(C)(C)C)CC2)cnc1NC(=O)OC(C)(C)C. The lowest BCUT2D eigenvalue weighted by molar-refractivity contribution is -0.148. The number of anilines is 2. The van der Waals surface area contributed by atoms with E-state index in [1.54, 1.807) is 33.8 Å². The molecule has 1 saturated carbocycles. The molecule has 1 saturated heterocycles. The van der Waals surface area contributed by atoms with Crippen LogP contribution in [-0.4, -0.2) is 46.0 Å². The van der Waals surface area contributed by atoms with Crippen LogP contribution in [0.1, 0.15) is 92.6 Å². The molecule has 0 bridgehead atoms. The fourth-order valence-electron chi connectivity index (χ4n) is 5.76. The summed E-state index contributed by atoms with van der Waals surface area (Å²) in [4.78, 5) is 44.6. The van der Waals surface area contributed by atoms with Gasteiger partial charge < -0.3 is 15.0 Å². The summed E-state index contributed by atoms with van der Waals surface area (Å²) in [6.07, 6.45) is 7.47. The number of nitrogens with one attached hydrogen (secondary N) is 2. The first-order chi connectivity index (χ1) is 17.1. The molecule has 1 aliphatic heterocycles. The van der Waals surface area contributed by atoms with Gasteiger partial charge in [-0.15, -0.1) is 0 Å². The van der Waals surface area contributed by atoms with Gasteiger partial charge >= 0.3 is 17.9 Å². The molecule has 37 heavy (non-hydrogen) atoms. The monoisotopic (exact) mass is 514 g/mol. The largest absolute Gasteiger partial charge is 0.444 e. The quantitative estimate of drug-likeness (QED) is 0.471. The number of piperidine rings is 1. The van der Waals surface area contributed by atoms with Gasteiger partial charge in [-0.3, -0.25) is 14.9 Å². The molecular weight excluding hydrogens is 468 g/mol. The van der Waals surface area contributed by atoms with Crippen LogP contribution in [-0.2, 0) is 14.3 Å². The maximum Gasteiger partial charge on any atom is 0.413 e. The number of aromatic nitrogens is 1. The third-order valence-electron chi connectivity index (χ3n) is 7.82. The summed E-state index contributed by atoms with van der Waals surface area (Å²) < 4.78 is 5.27. The predicted octanol–water partition coefficient (Wildman–Crippen LogP) is 6.16. The number of pyridine rings is 1. The Morgan fingerprint density at radius 2 is 1.62 bits per heavy atom. The number of nitrogens with zero attached hydrogens (tertiary/aromatic N) is 2. The molecule has 206 valence electrons. The Hall–Kier alpha value is -2.64. The lowest BCUT2D eigenvalue weighted by atomic mass is 9.67. The lowest BCUT2D eigenvalue weighted by Gasteiger charge is -2.46. The van der Waals surface area contributed by atoms with Crippen LogP contribution in [0.15, 0.2) is 12.3 Å². The van der Waals surface area contributed by atoms with Crippen LogP contribution in [0.25, 0.3) is 0 Å². The smallest absolute Gasteiger partial charge is 0.413 e. The minimum absolute atomic E-state index is 0.121. The van der Waals surface area contributed by atoms with Crippen molar-refractivity contribution in [3.8, 4) is 0 Å². The Labute approximate surface area is 222 Å². The van der Waals surface area contributed by atoms with Crippen molar-refractivity contribution in [2.45, 2.75) is 106 Å². The molecule has 2 heterocycles. The Morgan fingerprint density at radius 3 is 2.19 bits per heavy atom. The van der Waals surface area contributed by atoms with Crippen molar-refractivity contribution in [3.63, 3.8) is 0 Å². The van der Waals surface area contributed by atoms with E-state index in [0.29, 0.717) is 46.8 Å². The van der Waals surface area contributed by atoms with E-state index in [9.17, 15) is 14.4 Å². The number of carbonyl (C=O) groups excluding carboxylic acids is 3. The van der Waals surface area contributed by atoms with Crippen molar-refractivity contribution >= 4 is 29.4 Å². The van der Waals surface area contributed by atoms with E-state index in [0.717, 1.165) is 25.7 Å². The fraction of sp³-hybridized carbons (Fsp3) is 0.724. The van der Waals surface area contributed by atoms with Crippen molar-refractivity contribution < 1.29 is 19.1 Å². The highest BCUT2D eigenvalue weighted by Gasteiger charge is 2.40. The molecule has 3 rings (SSSR count). The van der Waals surface area contributed by atoms with Crippen molar-refractivity contribution in [1.29, 1.82) is 0 Å². The Kier molecular flexibility index (Phi) is 8.91. The molecule has 0 radical (unpaired) electrons. The van der Waals surface area contributed by atoms with E-state index in [2.05, 4.69) is 43.3 Å². The van der Waals surface area contributed by atoms with Crippen LogP contribution in [0.2, 0.25) is 0 Å². The topological polar surface area (TPSA) is 101 Å². The average molecular weight is 515 g/mol. The zero-order valence-corrected chi connectivity index (χ0v) is 23.9. The molecule has 8 nitrogen and oxygen atoms in total. The van der Waals surface area contributed by atoms with Gasteiger partial charge in [-0.25, -0.2) is 9.78 Å². The summed E-state index contributed by atoms with van der Waals surface area (Å²) in [7, 11) is 0. The molecule has 0 unspecified atom stereocenters. The van der Waals surface area contributed by atoms with E-state index < -0.39 is 23.5 Å². The third kappa shape index (κ3) is 7.92. The molecule has 1 aliphatic carbocycles. The number of ether oxygens (including phenoxy) is 1. The average Bonchev–Trinajstić information content (AvgIpc) is 2.78. The number of rotatable bonds is 3. The standard InChI is InChI=1S/C29H46N4O4/c1-18-9-14-23(20-10-12-21(13-11-20)28(3,4)5)33(17-18)26(35)25(34)31-22-15-19(2)24(30-16-22)32-27(36)37-29(6,7)8/h15-16,18,20-21,23H,9-14,17H2,1-8H3,(H,31,34)(H,30,32,36)/t18-,20?,21?,23+/m1/s1. The van der Waals surface area contributed by atoms with Gasteiger partial charge in [0.1, 0.15) is 11.4 Å². The molecule has 2 N–H and O–H groups in total. The van der Waals surface area contributed by atoms with Crippen LogP contribution in [0.5, 0.6) is 0 Å². The number of hydrogen-bond acceptors (Lipinski definition) is 5. The highest BCUT2D eigenvalue weighted by Crippen LogP contribution is 2.43. The molecule has 0 aromatic carbocycles. The summed E-state index contributed by atoms with van der Waals surface area (Å²) in [5.74, 6) is 0.766. The molecule has 2 fully saturated rings. The van der Waals surface area contributed by atoms with Crippen LogP contribution < -0.4 is 10.6 Å². The number of amides is 3. The van der Waals surface area contributed by atoms with Gasteiger partial charge in [0.05, 0.1) is 11.9 Å². The summed E-state index contributed by atoms with van der Waals surface area (Å²) in [5, 5.41) is 5.35. The summed E-state index contributed by atoms with van der Waals surface area (Å²) in [6, 6.07) is 1.81.